The van der Waals surface area contributed by atoms with Crippen LogP contribution in [0.1, 0.15) is 104 Å². The number of nitrogens with zero attached hydrogens (tertiary/aromatic N) is 3. The van der Waals surface area contributed by atoms with Gasteiger partial charge in [-0.05, 0) is 123 Å². The van der Waals surface area contributed by atoms with Crippen molar-refractivity contribution in [2.45, 2.75) is 131 Å². The summed E-state index contributed by atoms with van der Waals surface area (Å²) in [5, 5.41) is 44.1. The van der Waals surface area contributed by atoms with Crippen LogP contribution in [-0.4, -0.2) is 147 Å². The Labute approximate surface area is 416 Å². The van der Waals surface area contributed by atoms with Gasteiger partial charge >= 0.3 is 28.3 Å². The molecule has 2 atom stereocenters. The van der Waals surface area contributed by atoms with Crippen LogP contribution in [0.2, 0.25) is 0 Å². The van der Waals surface area contributed by atoms with Gasteiger partial charge in [0.15, 0.2) is 0 Å². The number of aliphatic hydroxyl groups is 1. The Bertz CT molecular complexity index is 1830. The normalized spacial score (nSPS) is 23.6. The summed E-state index contributed by atoms with van der Waals surface area (Å²) in [4.78, 5) is 11.8. The van der Waals surface area contributed by atoms with Crippen LogP contribution >= 0.6 is 54.5 Å². The predicted octanol–water partition coefficient (Wildman–Crippen LogP) is 3.68. The fourth-order valence-corrected chi connectivity index (χ4v) is 7.54. The summed E-state index contributed by atoms with van der Waals surface area (Å²) in [7, 11) is -3.83. The van der Waals surface area contributed by atoms with Gasteiger partial charge in [0, 0.05) is 74.9 Å². The van der Waals surface area contributed by atoms with Crippen molar-refractivity contribution < 1.29 is 58.0 Å². The van der Waals surface area contributed by atoms with Gasteiger partial charge in [0.05, 0.1) is 72.1 Å². The van der Waals surface area contributed by atoms with Gasteiger partial charge in [-0.25, -0.2) is 0 Å². The topological polar surface area (TPSA) is 230 Å². The molecule has 0 unspecified atom stereocenters. The van der Waals surface area contributed by atoms with E-state index in [4.69, 9.17) is 63.8 Å². The summed E-state index contributed by atoms with van der Waals surface area (Å²) >= 11 is 8.89. The molecule has 16 nitrogen and oxygen atoms in total. The molecule has 6 fully saturated rings. The summed E-state index contributed by atoms with van der Waals surface area (Å²) in [6, 6.07) is 5.51. The first-order valence-corrected chi connectivity index (χ1v) is 24.6. The minimum atomic E-state index is -1.44. The number of nitrogens with two attached hydrogens (primary N) is 1. The molecule has 9 rings (SSSR count). The highest BCUT2D eigenvalue weighted by Crippen LogP contribution is 2.43. The second-order valence-corrected chi connectivity index (χ2v) is 22.1. The SMILES string of the molecule is Brc1cncc(C2COC2)c1.CC1(C)OB(B2OC(C)(C)C(C)(C)O2)OC1(C)C.IC1COC1.N[C@H]1CCCC[C@@H]1O.OB(O)c1cncc(Br)c1.OB(O)c1cncc(C2COC2)c1. The Morgan fingerprint density at radius 3 is 1.23 bits per heavy atom. The van der Waals surface area contributed by atoms with E-state index in [1.54, 1.807) is 30.7 Å². The highest BCUT2D eigenvalue weighted by atomic mass is 127. The molecule has 65 heavy (non-hydrogen) atoms. The summed E-state index contributed by atoms with van der Waals surface area (Å²) in [6.45, 7) is 21.2. The number of pyridine rings is 3. The van der Waals surface area contributed by atoms with Crippen molar-refractivity contribution in [2.24, 2.45) is 5.73 Å². The smallest absolute Gasteiger partial charge is 0.423 e. The van der Waals surface area contributed by atoms with E-state index in [1.807, 2.05) is 61.6 Å². The summed E-state index contributed by atoms with van der Waals surface area (Å²) < 4.78 is 41.4. The maximum Gasteiger partial charge on any atom is 0.490 e. The van der Waals surface area contributed by atoms with Crippen molar-refractivity contribution in [3.8, 4) is 0 Å². The Hall–Kier alpha value is -1.12. The third-order valence-electron chi connectivity index (χ3n) is 12.2. The lowest BCUT2D eigenvalue weighted by Crippen LogP contribution is -2.41. The Morgan fingerprint density at radius 1 is 0.585 bits per heavy atom. The molecule has 0 amide bonds. The van der Waals surface area contributed by atoms with Crippen molar-refractivity contribution in [3.05, 3.63) is 75.5 Å². The van der Waals surface area contributed by atoms with Crippen molar-refractivity contribution in [2.75, 3.05) is 39.6 Å². The fourth-order valence-electron chi connectivity index (χ4n) is 6.26. The number of hydrogen-bond donors (Lipinski definition) is 6. The van der Waals surface area contributed by atoms with Crippen LogP contribution in [0.25, 0.3) is 0 Å². The Kier molecular flexibility index (Phi) is 22.3. The molecule has 1 aliphatic carbocycles. The predicted molar refractivity (Wildman–Crippen MR) is 268 cm³/mol. The quantitative estimate of drug-likeness (QED) is 0.122. The second kappa shape index (κ2) is 25.7. The van der Waals surface area contributed by atoms with Crippen LogP contribution in [0.3, 0.4) is 0 Å². The van der Waals surface area contributed by atoms with Crippen molar-refractivity contribution >= 4 is 93.6 Å². The van der Waals surface area contributed by atoms with E-state index in [0.717, 1.165) is 64.1 Å². The molecule has 0 radical (unpaired) electrons. The average Bonchev–Trinajstić information content (AvgIpc) is 3.54. The van der Waals surface area contributed by atoms with E-state index in [0.29, 0.717) is 36.0 Å². The Balaban J connectivity index is 0.000000177. The van der Waals surface area contributed by atoms with Gasteiger partial charge in [-0.2, -0.15) is 0 Å². The molecule has 3 aromatic heterocycles. The highest BCUT2D eigenvalue weighted by Gasteiger charge is 2.63. The van der Waals surface area contributed by atoms with Crippen LogP contribution in [0.4, 0.5) is 0 Å². The van der Waals surface area contributed by atoms with E-state index in [-0.39, 0.29) is 34.6 Å². The average molecular weight is 1150 g/mol. The van der Waals surface area contributed by atoms with E-state index in [2.05, 4.69) is 75.5 Å². The lowest BCUT2D eigenvalue weighted by Gasteiger charge is -2.32. The molecule has 5 saturated heterocycles. The lowest BCUT2D eigenvalue weighted by atomic mass is 9.49. The lowest BCUT2D eigenvalue weighted by molar-refractivity contribution is 0.00578. The molecule has 7 N–H and O–H groups in total. The number of ether oxygens (including phenoxy) is 3. The van der Waals surface area contributed by atoms with Gasteiger partial charge in [-0.15, -0.1) is 0 Å². The van der Waals surface area contributed by atoms with Gasteiger partial charge in [-0.1, -0.05) is 41.5 Å². The zero-order chi connectivity index (χ0) is 48.2. The molecule has 6 aliphatic rings. The van der Waals surface area contributed by atoms with Crippen LogP contribution < -0.4 is 16.7 Å². The molecule has 23 heteroatoms. The molecule has 358 valence electrons. The third kappa shape index (κ3) is 17.4. The monoisotopic (exact) mass is 1150 g/mol. The minimum Gasteiger partial charge on any atom is -0.423 e. The van der Waals surface area contributed by atoms with Gasteiger partial charge in [-0.3, -0.25) is 15.0 Å². The highest BCUT2D eigenvalue weighted by molar-refractivity contribution is 14.1. The Morgan fingerprint density at radius 2 is 0.938 bits per heavy atom. The van der Waals surface area contributed by atoms with Gasteiger partial charge in [0.1, 0.15) is 0 Å². The minimum absolute atomic E-state index is 0.0590. The maximum absolute atomic E-state index is 9.05. The van der Waals surface area contributed by atoms with Gasteiger partial charge in [0.2, 0.25) is 0 Å². The van der Waals surface area contributed by atoms with Crippen LogP contribution in [0.5, 0.6) is 0 Å². The maximum atomic E-state index is 9.05. The number of rotatable bonds is 5. The van der Waals surface area contributed by atoms with Crippen molar-refractivity contribution in [1.29, 1.82) is 0 Å². The first-order chi connectivity index (χ1) is 30.4. The van der Waals surface area contributed by atoms with Crippen molar-refractivity contribution in [3.63, 3.8) is 0 Å². The van der Waals surface area contributed by atoms with Crippen LogP contribution in [0.15, 0.2) is 64.3 Å². The fraction of sp³-hybridized carbons (Fsp3) is 0.643. The molecule has 8 heterocycles. The number of hydrogen-bond acceptors (Lipinski definition) is 16. The largest absolute Gasteiger partial charge is 0.490 e. The first kappa shape index (κ1) is 56.5. The summed E-state index contributed by atoms with van der Waals surface area (Å²) in [6.07, 6.45) is 13.9. The van der Waals surface area contributed by atoms with Gasteiger partial charge in [0.25, 0.3) is 0 Å². The van der Waals surface area contributed by atoms with Crippen LogP contribution in [-0.2, 0) is 32.8 Å². The summed E-state index contributed by atoms with van der Waals surface area (Å²) in [5.74, 6) is 0.936. The van der Waals surface area contributed by atoms with Crippen molar-refractivity contribution in [1.82, 2.24) is 15.0 Å². The zero-order valence-corrected chi connectivity index (χ0v) is 43.9. The molecule has 0 bridgehead atoms. The van der Waals surface area contributed by atoms with E-state index in [9.17, 15) is 0 Å². The molecule has 1 saturated carbocycles. The molecule has 5 aliphatic heterocycles. The number of aromatic nitrogens is 3. The van der Waals surface area contributed by atoms with E-state index >= 15 is 0 Å². The zero-order valence-electron chi connectivity index (χ0n) is 38.6. The van der Waals surface area contributed by atoms with Crippen LogP contribution in [0, 0.1) is 0 Å². The first-order valence-electron chi connectivity index (χ1n) is 21.8. The number of halogens is 3. The number of alkyl halides is 1. The molecule has 3 aromatic rings. The molecular weight excluding hydrogens is 1080 g/mol. The number of aliphatic hydroxyl groups excluding tert-OH is 1. The molecule has 0 aromatic carbocycles. The summed E-state index contributed by atoms with van der Waals surface area (Å²) in [5.41, 5.74) is 7.19. The molecule has 0 spiro atoms. The van der Waals surface area contributed by atoms with E-state index < -0.39 is 28.3 Å². The third-order valence-corrected chi connectivity index (χ3v) is 13.8. The van der Waals surface area contributed by atoms with Gasteiger partial charge < -0.3 is 63.8 Å². The standard InChI is InChI=1S/C12H24B2O4.C8H10BNO3.C8H8BrNO.C6H13NO.C5H5BBrNO2.C3H5IO/c1-9(2)10(3,4)16-13(15-9)14-17-11(5,6)12(7,8)18-14;11-9(12)8-1-6(2-10-3-8)7-4-13-5-7;9-8-1-6(2-10-3-8)7-4-11-5-7;7-5-3-1-2-4-6(5)8;7-5-1-4(6(9)10)2-8-3-5;4-3-1-5-2-3/h1-8H3;1-3,7,11-12H,4-5H2;1-3,7H,4-5H2;5-6,8H,1-4,7H2;1-3,9-10H;3H,1-2H2/t;;;5-,6-;;/m...0../s1. The second-order valence-electron chi connectivity index (χ2n) is 18.5. The van der Waals surface area contributed by atoms with E-state index in [1.165, 1.54) is 24.4 Å². The molecular formula is C42H65B4Br2IN4O12.